The van der Waals surface area contributed by atoms with E-state index in [0.29, 0.717) is 29.2 Å². The molecule has 0 heterocycles. The van der Waals surface area contributed by atoms with Gasteiger partial charge in [-0.15, -0.1) is 0 Å². The smallest absolute Gasteiger partial charge is 0.251 e. The fourth-order valence-corrected chi connectivity index (χ4v) is 2.16. The Labute approximate surface area is 141 Å². The van der Waals surface area contributed by atoms with E-state index in [-0.39, 0.29) is 18.4 Å². The number of nitrogens with one attached hydrogen (secondary N) is 3. The summed E-state index contributed by atoms with van der Waals surface area (Å²) in [6.45, 7) is 2.51. The van der Waals surface area contributed by atoms with Crippen LogP contribution in [0.3, 0.4) is 0 Å². The lowest BCUT2D eigenvalue weighted by Gasteiger charge is -2.11. The third kappa shape index (κ3) is 4.74. The van der Waals surface area contributed by atoms with Gasteiger partial charge in [-0.05, 0) is 37.3 Å². The normalized spacial score (nSPS) is 9.92. The zero-order valence-corrected chi connectivity index (χ0v) is 13.8. The first-order valence-corrected chi connectivity index (χ1v) is 7.69. The maximum Gasteiger partial charge on any atom is 0.251 e. The summed E-state index contributed by atoms with van der Waals surface area (Å²) in [4.78, 5) is 23.9. The minimum absolute atomic E-state index is 0.0803. The first kappa shape index (κ1) is 17.3. The molecule has 0 unspecified atom stereocenters. The summed E-state index contributed by atoms with van der Waals surface area (Å²) in [5.41, 5.74) is 1.86. The Balaban J connectivity index is 1.94. The highest BCUT2D eigenvalue weighted by atomic mass is 16.5. The van der Waals surface area contributed by atoms with E-state index in [4.69, 9.17) is 4.74 Å². The van der Waals surface area contributed by atoms with Crippen molar-refractivity contribution in [1.82, 2.24) is 5.32 Å². The summed E-state index contributed by atoms with van der Waals surface area (Å²) in [6.07, 6.45) is 0. The molecular formula is C18H21N3O3. The molecule has 0 saturated carbocycles. The molecule has 0 radical (unpaired) electrons. The molecule has 3 N–H and O–H groups in total. The van der Waals surface area contributed by atoms with Gasteiger partial charge in [-0.3, -0.25) is 9.59 Å². The van der Waals surface area contributed by atoms with Crippen molar-refractivity contribution in [3.63, 3.8) is 0 Å². The number of hydrogen-bond donors (Lipinski definition) is 3. The average Bonchev–Trinajstić information content (AvgIpc) is 2.61. The number of amides is 2. The molecule has 0 aliphatic carbocycles. The van der Waals surface area contributed by atoms with Crippen molar-refractivity contribution in [2.45, 2.75) is 6.92 Å². The topological polar surface area (TPSA) is 79.5 Å². The second-order valence-corrected chi connectivity index (χ2v) is 5.04. The summed E-state index contributed by atoms with van der Waals surface area (Å²) in [5, 5.41) is 8.53. The zero-order valence-electron chi connectivity index (χ0n) is 13.8. The summed E-state index contributed by atoms with van der Waals surface area (Å²) in [5.74, 6) is 0.256. The van der Waals surface area contributed by atoms with E-state index in [9.17, 15) is 9.59 Å². The summed E-state index contributed by atoms with van der Waals surface area (Å²) in [6, 6.07) is 14.2. The molecule has 0 fully saturated rings. The third-order valence-electron chi connectivity index (χ3n) is 3.30. The van der Waals surface area contributed by atoms with Crippen LogP contribution in [0.4, 0.5) is 11.4 Å². The van der Waals surface area contributed by atoms with E-state index in [1.54, 1.807) is 43.5 Å². The second-order valence-electron chi connectivity index (χ2n) is 5.04. The van der Waals surface area contributed by atoms with Crippen LogP contribution in [0.25, 0.3) is 0 Å². The lowest BCUT2D eigenvalue weighted by Crippen LogP contribution is -2.23. The summed E-state index contributed by atoms with van der Waals surface area (Å²) < 4.78 is 5.19. The molecule has 0 aliphatic heterocycles. The van der Waals surface area contributed by atoms with Crippen LogP contribution in [0, 0.1) is 0 Å². The van der Waals surface area contributed by atoms with Crippen LogP contribution in [-0.2, 0) is 4.79 Å². The Morgan fingerprint density at radius 2 is 1.88 bits per heavy atom. The molecule has 2 aromatic rings. The van der Waals surface area contributed by atoms with Crippen molar-refractivity contribution in [2.24, 2.45) is 0 Å². The van der Waals surface area contributed by atoms with E-state index in [0.717, 1.165) is 0 Å². The van der Waals surface area contributed by atoms with Gasteiger partial charge in [0.15, 0.2) is 0 Å². The molecule has 2 aromatic carbocycles. The monoisotopic (exact) mass is 327 g/mol. The SMILES string of the molecule is CCNC(=O)c1cccc(NCC(=O)Nc2ccccc2OC)c1. The number of hydrogen-bond acceptors (Lipinski definition) is 4. The molecule has 24 heavy (non-hydrogen) atoms. The highest BCUT2D eigenvalue weighted by Crippen LogP contribution is 2.22. The van der Waals surface area contributed by atoms with Crippen LogP contribution in [0.2, 0.25) is 0 Å². The van der Waals surface area contributed by atoms with Crippen molar-refractivity contribution < 1.29 is 14.3 Å². The minimum Gasteiger partial charge on any atom is -0.495 e. The number of carbonyl (C=O) groups is 2. The van der Waals surface area contributed by atoms with Gasteiger partial charge in [-0.25, -0.2) is 0 Å². The van der Waals surface area contributed by atoms with Crippen molar-refractivity contribution in [2.75, 3.05) is 30.8 Å². The van der Waals surface area contributed by atoms with Crippen molar-refractivity contribution >= 4 is 23.2 Å². The molecule has 126 valence electrons. The molecular weight excluding hydrogens is 306 g/mol. The molecule has 0 spiro atoms. The fraction of sp³-hybridized carbons (Fsp3) is 0.222. The standard InChI is InChI=1S/C18H21N3O3/c1-3-19-18(23)13-7-6-8-14(11-13)20-12-17(22)21-15-9-4-5-10-16(15)24-2/h4-11,20H,3,12H2,1-2H3,(H,19,23)(H,21,22). The number of methoxy groups -OCH3 is 1. The van der Waals surface area contributed by atoms with E-state index < -0.39 is 0 Å². The van der Waals surface area contributed by atoms with E-state index in [1.165, 1.54) is 0 Å². The Hall–Kier alpha value is -3.02. The van der Waals surface area contributed by atoms with Crippen molar-refractivity contribution in [3.8, 4) is 5.75 Å². The molecule has 0 aromatic heterocycles. The Bertz CT molecular complexity index is 716. The minimum atomic E-state index is -0.206. The quantitative estimate of drug-likeness (QED) is 0.730. The molecule has 2 rings (SSSR count). The molecule has 0 atom stereocenters. The second kappa shape index (κ2) is 8.57. The van der Waals surface area contributed by atoms with Gasteiger partial charge < -0.3 is 20.7 Å². The highest BCUT2D eigenvalue weighted by Gasteiger charge is 2.08. The Morgan fingerprint density at radius 1 is 1.08 bits per heavy atom. The van der Waals surface area contributed by atoms with Gasteiger partial charge in [0.2, 0.25) is 5.91 Å². The average molecular weight is 327 g/mol. The zero-order chi connectivity index (χ0) is 17.4. The summed E-state index contributed by atoms with van der Waals surface area (Å²) >= 11 is 0. The maximum absolute atomic E-state index is 12.1. The highest BCUT2D eigenvalue weighted by molar-refractivity contribution is 5.96. The Morgan fingerprint density at radius 3 is 2.62 bits per heavy atom. The van der Waals surface area contributed by atoms with Gasteiger partial charge in [-0.2, -0.15) is 0 Å². The maximum atomic E-state index is 12.1. The summed E-state index contributed by atoms with van der Waals surface area (Å²) in [7, 11) is 1.55. The van der Waals surface area contributed by atoms with Crippen LogP contribution in [0.1, 0.15) is 17.3 Å². The third-order valence-corrected chi connectivity index (χ3v) is 3.30. The number of anilines is 2. The van der Waals surface area contributed by atoms with Crippen LogP contribution in [0.15, 0.2) is 48.5 Å². The van der Waals surface area contributed by atoms with E-state index in [2.05, 4.69) is 16.0 Å². The van der Waals surface area contributed by atoms with Gasteiger partial charge >= 0.3 is 0 Å². The predicted octanol–water partition coefficient (Wildman–Crippen LogP) is 2.50. The first-order chi connectivity index (χ1) is 11.6. The number of ether oxygens (including phenoxy) is 1. The van der Waals surface area contributed by atoms with Crippen molar-refractivity contribution in [3.05, 3.63) is 54.1 Å². The van der Waals surface area contributed by atoms with Crippen LogP contribution in [0.5, 0.6) is 5.75 Å². The van der Waals surface area contributed by atoms with E-state index in [1.807, 2.05) is 19.1 Å². The lowest BCUT2D eigenvalue weighted by molar-refractivity contribution is -0.114. The van der Waals surface area contributed by atoms with E-state index >= 15 is 0 Å². The number of rotatable bonds is 7. The van der Waals surface area contributed by atoms with Gasteiger partial charge in [0.05, 0.1) is 19.3 Å². The molecule has 0 saturated heterocycles. The number of carbonyl (C=O) groups excluding carboxylic acids is 2. The Kier molecular flexibility index (Phi) is 6.19. The van der Waals surface area contributed by atoms with Gasteiger partial charge in [-0.1, -0.05) is 18.2 Å². The van der Waals surface area contributed by atoms with Gasteiger partial charge in [0.1, 0.15) is 5.75 Å². The number of benzene rings is 2. The molecule has 0 aliphatic rings. The number of para-hydroxylation sites is 2. The molecule has 6 heteroatoms. The van der Waals surface area contributed by atoms with Gasteiger partial charge in [0.25, 0.3) is 5.91 Å². The fourth-order valence-electron chi connectivity index (χ4n) is 2.16. The van der Waals surface area contributed by atoms with Crippen LogP contribution in [-0.4, -0.2) is 32.0 Å². The van der Waals surface area contributed by atoms with Gasteiger partial charge in [0, 0.05) is 17.8 Å². The molecule has 2 amide bonds. The largest absolute Gasteiger partial charge is 0.495 e. The van der Waals surface area contributed by atoms with Crippen molar-refractivity contribution in [1.29, 1.82) is 0 Å². The lowest BCUT2D eigenvalue weighted by atomic mass is 10.2. The molecule has 6 nitrogen and oxygen atoms in total. The predicted molar refractivity (Wildman–Crippen MR) is 94.6 cm³/mol. The first-order valence-electron chi connectivity index (χ1n) is 7.69. The molecule has 0 bridgehead atoms. The van der Waals surface area contributed by atoms with Crippen LogP contribution < -0.4 is 20.7 Å². The van der Waals surface area contributed by atoms with Crippen LogP contribution >= 0.6 is 0 Å².